The van der Waals surface area contributed by atoms with Crippen molar-refractivity contribution in [1.29, 1.82) is 0 Å². The van der Waals surface area contributed by atoms with Crippen molar-refractivity contribution < 1.29 is 5.11 Å². The predicted molar refractivity (Wildman–Crippen MR) is 55.5 cm³/mol. The molecule has 3 N–H and O–H groups in total. The van der Waals surface area contributed by atoms with Gasteiger partial charge in [0.2, 0.25) is 0 Å². The van der Waals surface area contributed by atoms with Gasteiger partial charge >= 0.3 is 0 Å². The highest BCUT2D eigenvalue weighted by Crippen LogP contribution is 2.12. The highest BCUT2D eigenvalue weighted by atomic mass is 32.2. The Balaban J connectivity index is 0.000000671. The summed E-state index contributed by atoms with van der Waals surface area (Å²) in [5.41, 5.74) is 6.06. The zero-order valence-electron chi connectivity index (χ0n) is 8.11. The van der Waals surface area contributed by atoms with Gasteiger partial charge in [-0.15, -0.1) is 0 Å². The molecule has 1 rings (SSSR count). The number of anilines is 1. The third-order valence-electron chi connectivity index (χ3n) is 1.23. The third kappa shape index (κ3) is 3.61. The first-order valence-electron chi connectivity index (χ1n) is 4.04. The molecule has 4 nitrogen and oxygen atoms in total. The Morgan fingerprint density at radius 1 is 1.54 bits per heavy atom. The van der Waals surface area contributed by atoms with E-state index in [9.17, 15) is 0 Å². The lowest BCUT2D eigenvalue weighted by atomic mass is 10.3. The highest BCUT2D eigenvalue weighted by molar-refractivity contribution is 7.98. The van der Waals surface area contributed by atoms with Crippen LogP contribution in [0, 0.1) is 0 Å². The number of aromatic nitrogens is 2. The fraction of sp³-hybridized carbons (Fsp3) is 0.500. The molecule has 0 saturated carbocycles. The molecule has 1 aromatic heterocycles. The van der Waals surface area contributed by atoms with Crippen molar-refractivity contribution in [2.75, 3.05) is 12.0 Å². The van der Waals surface area contributed by atoms with E-state index in [1.807, 2.05) is 20.1 Å². The van der Waals surface area contributed by atoms with Crippen molar-refractivity contribution in [3.05, 3.63) is 11.8 Å². The van der Waals surface area contributed by atoms with Crippen LogP contribution < -0.4 is 5.73 Å². The molecule has 1 heterocycles. The lowest BCUT2D eigenvalue weighted by molar-refractivity contribution is 0.281. The molecule has 0 fully saturated rings. The SMILES string of the molecule is CC.CSc1ncc(CO)c(N)n1. The zero-order chi connectivity index (χ0) is 10.3. The Bertz CT molecular complexity index is 255. The van der Waals surface area contributed by atoms with Crippen LogP contribution in [0.25, 0.3) is 0 Å². The van der Waals surface area contributed by atoms with Crippen LogP contribution >= 0.6 is 11.8 Å². The maximum atomic E-state index is 8.72. The minimum absolute atomic E-state index is 0.111. The maximum Gasteiger partial charge on any atom is 0.189 e. The molecule has 0 radical (unpaired) electrons. The van der Waals surface area contributed by atoms with E-state index in [-0.39, 0.29) is 6.61 Å². The van der Waals surface area contributed by atoms with E-state index in [0.29, 0.717) is 16.5 Å². The Morgan fingerprint density at radius 3 is 2.54 bits per heavy atom. The zero-order valence-corrected chi connectivity index (χ0v) is 8.93. The number of nitrogens with two attached hydrogens (primary N) is 1. The van der Waals surface area contributed by atoms with Gasteiger partial charge in [-0.05, 0) is 6.26 Å². The van der Waals surface area contributed by atoms with Gasteiger partial charge in [-0.3, -0.25) is 0 Å². The quantitative estimate of drug-likeness (QED) is 0.557. The average Bonchev–Trinajstić information content (AvgIpc) is 2.20. The van der Waals surface area contributed by atoms with Crippen LogP contribution in [0.3, 0.4) is 0 Å². The molecule has 1 aromatic rings. The highest BCUT2D eigenvalue weighted by Gasteiger charge is 2.00. The summed E-state index contributed by atoms with van der Waals surface area (Å²) in [5.74, 6) is 0.354. The predicted octanol–water partition coefficient (Wildman–Crippen LogP) is 1.30. The summed E-state index contributed by atoms with van der Waals surface area (Å²) in [6, 6.07) is 0. The van der Waals surface area contributed by atoms with E-state index in [1.54, 1.807) is 0 Å². The van der Waals surface area contributed by atoms with Crippen LogP contribution in [0.2, 0.25) is 0 Å². The molecule has 0 aliphatic heterocycles. The summed E-state index contributed by atoms with van der Waals surface area (Å²) in [6.07, 6.45) is 3.40. The van der Waals surface area contributed by atoms with E-state index < -0.39 is 0 Å². The third-order valence-corrected chi connectivity index (χ3v) is 1.79. The van der Waals surface area contributed by atoms with Gasteiger partial charge in [-0.2, -0.15) is 0 Å². The molecule has 0 spiro atoms. The Hall–Kier alpha value is -0.810. The number of nitrogen functional groups attached to an aromatic ring is 1. The molecule has 74 valence electrons. The monoisotopic (exact) mass is 201 g/mol. The number of aliphatic hydroxyl groups is 1. The summed E-state index contributed by atoms with van der Waals surface area (Å²) in [5, 5.41) is 9.34. The van der Waals surface area contributed by atoms with Crippen molar-refractivity contribution in [2.24, 2.45) is 0 Å². The van der Waals surface area contributed by atoms with Gasteiger partial charge in [0.1, 0.15) is 5.82 Å². The molecule has 0 bridgehead atoms. The molecule has 0 unspecified atom stereocenters. The first-order valence-corrected chi connectivity index (χ1v) is 5.26. The van der Waals surface area contributed by atoms with E-state index in [0.717, 1.165) is 0 Å². The maximum absolute atomic E-state index is 8.72. The molecule has 0 aliphatic carbocycles. The van der Waals surface area contributed by atoms with E-state index in [2.05, 4.69) is 9.97 Å². The normalized spacial score (nSPS) is 8.92. The molecule has 0 saturated heterocycles. The number of rotatable bonds is 2. The van der Waals surface area contributed by atoms with Gasteiger partial charge in [-0.1, -0.05) is 25.6 Å². The Labute approximate surface area is 82.6 Å². The van der Waals surface area contributed by atoms with Crippen LogP contribution in [-0.2, 0) is 6.61 Å². The van der Waals surface area contributed by atoms with Gasteiger partial charge in [0, 0.05) is 11.8 Å². The fourth-order valence-electron chi connectivity index (χ4n) is 0.623. The number of nitrogens with zero attached hydrogens (tertiary/aromatic N) is 2. The summed E-state index contributed by atoms with van der Waals surface area (Å²) < 4.78 is 0. The molecule has 13 heavy (non-hydrogen) atoms. The van der Waals surface area contributed by atoms with Crippen molar-refractivity contribution in [2.45, 2.75) is 25.6 Å². The molecule has 5 heteroatoms. The first kappa shape index (κ1) is 12.2. The molecule has 0 amide bonds. The van der Waals surface area contributed by atoms with Crippen LogP contribution in [0.5, 0.6) is 0 Å². The van der Waals surface area contributed by atoms with E-state index >= 15 is 0 Å². The second-order valence-corrected chi connectivity index (χ2v) is 2.70. The van der Waals surface area contributed by atoms with E-state index in [4.69, 9.17) is 10.8 Å². The van der Waals surface area contributed by atoms with Gasteiger partial charge in [0.05, 0.1) is 6.61 Å². The van der Waals surface area contributed by atoms with Crippen LogP contribution in [0.15, 0.2) is 11.4 Å². The first-order chi connectivity index (χ1) is 6.27. The second kappa shape index (κ2) is 6.68. The van der Waals surface area contributed by atoms with Crippen molar-refractivity contribution in [3.8, 4) is 0 Å². The minimum atomic E-state index is -0.111. The van der Waals surface area contributed by atoms with Gasteiger partial charge in [0.25, 0.3) is 0 Å². The van der Waals surface area contributed by atoms with Crippen LogP contribution in [0.4, 0.5) is 5.82 Å². The number of thioether (sulfide) groups is 1. The van der Waals surface area contributed by atoms with Gasteiger partial charge in [0.15, 0.2) is 5.16 Å². The molecular formula is C8H15N3OS. The number of hydrogen-bond acceptors (Lipinski definition) is 5. The molecule has 0 atom stereocenters. The Morgan fingerprint density at radius 2 is 2.15 bits per heavy atom. The standard InChI is InChI=1S/C6H9N3OS.C2H6/c1-11-6-8-2-4(3-10)5(7)9-6;1-2/h2,10H,3H2,1H3,(H2,7,8,9);1-2H3. The van der Waals surface area contributed by atoms with Gasteiger partial charge in [-0.25, -0.2) is 9.97 Å². The largest absolute Gasteiger partial charge is 0.391 e. The molecular weight excluding hydrogens is 186 g/mol. The van der Waals surface area contributed by atoms with Crippen molar-refractivity contribution >= 4 is 17.6 Å². The number of hydrogen-bond donors (Lipinski definition) is 2. The summed E-state index contributed by atoms with van der Waals surface area (Å²) >= 11 is 1.42. The number of aliphatic hydroxyl groups excluding tert-OH is 1. The summed E-state index contributed by atoms with van der Waals surface area (Å²) in [4.78, 5) is 7.87. The molecule has 0 aliphatic rings. The van der Waals surface area contributed by atoms with Crippen LogP contribution in [0.1, 0.15) is 19.4 Å². The lowest BCUT2D eigenvalue weighted by Gasteiger charge is -2.00. The fourth-order valence-corrected chi connectivity index (χ4v) is 0.971. The van der Waals surface area contributed by atoms with Crippen molar-refractivity contribution in [1.82, 2.24) is 9.97 Å². The topological polar surface area (TPSA) is 72.0 Å². The average molecular weight is 201 g/mol. The second-order valence-electron chi connectivity index (χ2n) is 1.93. The van der Waals surface area contributed by atoms with Crippen molar-refractivity contribution in [3.63, 3.8) is 0 Å². The summed E-state index contributed by atoms with van der Waals surface area (Å²) in [6.45, 7) is 3.89. The lowest BCUT2D eigenvalue weighted by Crippen LogP contribution is -2.00. The van der Waals surface area contributed by atoms with Crippen LogP contribution in [-0.4, -0.2) is 21.3 Å². The van der Waals surface area contributed by atoms with E-state index in [1.165, 1.54) is 18.0 Å². The summed E-state index contributed by atoms with van der Waals surface area (Å²) in [7, 11) is 0. The Kier molecular flexibility index (Phi) is 6.26. The van der Waals surface area contributed by atoms with Gasteiger partial charge < -0.3 is 10.8 Å². The minimum Gasteiger partial charge on any atom is -0.391 e. The smallest absolute Gasteiger partial charge is 0.189 e. The molecule has 0 aromatic carbocycles.